The Labute approximate surface area is 142 Å². The van der Waals surface area contributed by atoms with E-state index in [9.17, 15) is 4.57 Å². The quantitative estimate of drug-likeness (QED) is 0.551. The Kier molecular flexibility index (Phi) is 7.17. The molecule has 5 nitrogen and oxygen atoms in total. The number of pyridine rings is 1. The number of aromatic nitrogens is 1. The van der Waals surface area contributed by atoms with E-state index in [0.717, 1.165) is 5.56 Å². The number of rotatable bonds is 7. The van der Waals surface area contributed by atoms with E-state index in [0.29, 0.717) is 5.69 Å². The molecule has 0 N–H and O–H groups in total. The van der Waals surface area contributed by atoms with Gasteiger partial charge in [-0.2, -0.15) is 0 Å². The van der Waals surface area contributed by atoms with Crippen LogP contribution in [-0.4, -0.2) is 18.2 Å². The molecule has 2 rings (SSSR count). The van der Waals surface area contributed by atoms with Crippen molar-refractivity contribution in [3.8, 4) is 11.8 Å². The van der Waals surface area contributed by atoms with Crippen LogP contribution in [0.15, 0.2) is 54.7 Å². The lowest BCUT2D eigenvalue weighted by atomic mass is 10.2. The van der Waals surface area contributed by atoms with E-state index < -0.39 is 13.9 Å². The Morgan fingerprint density at radius 1 is 1.04 bits per heavy atom. The third-order valence-electron chi connectivity index (χ3n) is 2.89. The molecule has 0 aliphatic heterocycles. The van der Waals surface area contributed by atoms with Crippen LogP contribution in [0.4, 0.5) is 0 Å². The van der Waals surface area contributed by atoms with Crippen LogP contribution in [0, 0.1) is 11.8 Å². The lowest BCUT2D eigenvalue weighted by molar-refractivity contribution is 0.102. The van der Waals surface area contributed by atoms with Crippen LogP contribution in [0.3, 0.4) is 0 Å². The van der Waals surface area contributed by atoms with Crippen molar-refractivity contribution in [3.05, 3.63) is 66.0 Å². The molecule has 0 spiro atoms. The first-order valence-corrected chi connectivity index (χ1v) is 9.18. The maximum Gasteiger partial charge on any atom is 0.476 e. The summed E-state index contributed by atoms with van der Waals surface area (Å²) in [4.78, 5) is 4.24. The van der Waals surface area contributed by atoms with Gasteiger partial charge in [0.15, 0.2) is 6.10 Å². The van der Waals surface area contributed by atoms with E-state index in [1.807, 2.05) is 36.4 Å². The Hall–Kier alpha value is -1.96. The van der Waals surface area contributed by atoms with Crippen LogP contribution < -0.4 is 0 Å². The monoisotopic (exact) mass is 345 g/mol. The van der Waals surface area contributed by atoms with Crippen molar-refractivity contribution in [3.63, 3.8) is 0 Å². The van der Waals surface area contributed by atoms with Gasteiger partial charge in [0.05, 0.1) is 18.9 Å². The Balaban J connectivity index is 2.30. The number of phosphoric acid groups is 1. The van der Waals surface area contributed by atoms with Crippen molar-refractivity contribution in [2.45, 2.75) is 20.0 Å². The van der Waals surface area contributed by atoms with E-state index in [2.05, 4.69) is 16.8 Å². The van der Waals surface area contributed by atoms with Gasteiger partial charge < -0.3 is 0 Å². The third kappa shape index (κ3) is 5.59. The van der Waals surface area contributed by atoms with Gasteiger partial charge in [-0.1, -0.05) is 36.1 Å². The Bertz CT molecular complexity index is 715. The van der Waals surface area contributed by atoms with E-state index in [-0.39, 0.29) is 13.2 Å². The minimum atomic E-state index is -3.70. The predicted molar refractivity (Wildman–Crippen MR) is 92.2 cm³/mol. The van der Waals surface area contributed by atoms with Crippen molar-refractivity contribution in [2.75, 3.05) is 13.2 Å². The number of benzene rings is 1. The van der Waals surface area contributed by atoms with Crippen LogP contribution in [-0.2, 0) is 18.1 Å². The lowest BCUT2D eigenvalue weighted by Crippen LogP contribution is -2.07. The van der Waals surface area contributed by atoms with Crippen LogP contribution in [0.1, 0.15) is 31.2 Å². The van der Waals surface area contributed by atoms with Gasteiger partial charge in [-0.15, -0.1) is 0 Å². The summed E-state index contributed by atoms with van der Waals surface area (Å²) in [6.45, 7) is 3.86. The Morgan fingerprint density at radius 2 is 1.71 bits per heavy atom. The summed E-state index contributed by atoms with van der Waals surface area (Å²) in [6.07, 6.45) is 0.803. The molecule has 1 aromatic heterocycles. The van der Waals surface area contributed by atoms with Crippen molar-refractivity contribution in [2.24, 2.45) is 0 Å². The van der Waals surface area contributed by atoms with Crippen LogP contribution in [0.5, 0.6) is 0 Å². The van der Waals surface area contributed by atoms with Gasteiger partial charge in [0, 0.05) is 11.8 Å². The lowest BCUT2D eigenvalue weighted by Gasteiger charge is -2.19. The van der Waals surface area contributed by atoms with Gasteiger partial charge in [-0.25, -0.2) is 4.57 Å². The molecule has 0 radical (unpaired) electrons. The topological polar surface area (TPSA) is 57.7 Å². The fourth-order valence-electron chi connectivity index (χ4n) is 1.90. The molecule has 126 valence electrons. The van der Waals surface area contributed by atoms with Gasteiger partial charge in [0.2, 0.25) is 0 Å². The summed E-state index contributed by atoms with van der Waals surface area (Å²) in [5.74, 6) is 5.96. The summed E-state index contributed by atoms with van der Waals surface area (Å²) >= 11 is 0. The standard InChI is InChI=1S/C18H20NO4P/c1-3-21-24(20,22-4-2)23-18(17-12-8-9-15-19-17)14-13-16-10-6-5-7-11-16/h5-12,15,18H,3-4H2,1-2H3. The van der Waals surface area contributed by atoms with Crippen molar-refractivity contribution >= 4 is 7.82 Å². The van der Waals surface area contributed by atoms with Crippen LogP contribution in [0.25, 0.3) is 0 Å². The molecular weight excluding hydrogens is 325 g/mol. The molecule has 0 saturated heterocycles. The highest BCUT2D eigenvalue weighted by Crippen LogP contribution is 2.52. The summed E-state index contributed by atoms with van der Waals surface area (Å²) < 4.78 is 28.6. The van der Waals surface area contributed by atoms with Crippen molar-refractivity contribution in [1.29, 1.82) is 0 Å². The first-order valence-electron chi connectivity index (χ1n) is 7.72. The van der Waals surface area contributed by atoms with Crippen molar-refractivity contribution in [1.82, 2.24) is 4.98 Å². The molecule has 0 fully saturated rings. The highest BCUT2D eigenvalue weighted by Gasteiger charge is 2.30. The van der Waals surface area contributed by atoms with Crippen LogP contribution >= 0.6 is 7.82 Å². The predicted octanol–water partition coefficient (Wildman–Crippen LogP) is 4.37. The zero-order valence-electron chi connectivity index (χ0n) is 13.7. The number of phosphoric ester groups is 1. The zero-order chi connectivity index (χ0) is 17.3. The van der Waals surface area contributed by atoms with E-state index in [1.165, 1.54) is 0 Å². The van der Waals surface area contributed by atoms with Gasteiger partial charge in [-0.05, 0) is 38.1 Å². The fourth-order valence-corrected chi connectivity index (χ4v) is 3.15. The summed E-state index contributed by atoms with van der Waals surface area (Å²) in [7, 11) is -3.70. The summed E-state index contributed by atoms with van der Waals surface area (Å²) in [6, 6.07) is 14.8. The second kappa shape index (κ2) is 9.36. The van der Waals surface area contributed by atoms with Gasteiger partial charge >= 0.3 is 7.82 Å². The minimum absolute atomic E-state index is 0.207. The molecule has 0 aliphatic rings. The van der Waals surface area contributed by atoms with Gasteiger partial charge in [0.1, 0.15) is 0 Å². The molecule has 24 heavy (non-hydrogen) atoms. The maximum absolute atomic E-state index is 12.6. The Morgan fingerprint density at radius 3 is 2.29 bits per heavy atom. The highest BCUT2D eigenvalue weighted by molar-refractivity contribution is 7.48. The molecule has 0 bridgehead atoms. The van der Waals surface area contributed by atoms with Gasteiger partial charge in [-0.3, -0.25) is 18.6 Å². The number of hydrogen-bond acceptors (Lipinski definition) is 5. The molecule has 1 heterocycles. The number of nitrogens with zero attached hydrogens (tertiary/aromatic N) is 1. The molecule has 6 heteroatoms. The average molecular weight is 345 g/mol. The fraction of sp³-hybridized carbons (Fsp3) is 0.278. The first-order chi connectivity index (χ1) is 11.7. The van der Waals surface area contributed by atoms with E-state index in [1.54, 1.807) is 32.2 Å². The molecule has 0 amide bonds. The second-order valence-corrected chi connectivity index (χ2v) is 6.28. The average Bonchev–Trinajstić information content (AvgIpc) is 2.61. The van der Waals surface area contributed by atoms with E-state index in [4.69, 9.17) is 13.6 Å². The summed E-state index contributed by atoms with van der Waals surface area (Å²) in [5.41, 5.74) is 1.37. The maximum atomic E-state index is 12.6. The largest absolute Gasteiger partial charge is 0.476 e. The SMILES string of the molecule is CCOP(=O)(OCC)OC(C#Cc1ccccc1)c1ccccn1. The molecule has 1 unspecified atom stereocenters. The van der Waals surface area contributed by atoms with Gasteiger partial charge in [0.25, 0.3) is 0 Å². The molecule has 1 aromatic carbocycles. The van der Waals surface area contributed by atoms with E-state index >= 15 is 0 Å². The first kappa shape index (κ1) is 18.4. The third-order valence-corrected chi connectivity index (χ3v) is 4.50. The molecule has 0 aliphatic carbocycles. The molecule has 1 atom stereocenters. The minimum Gasteiger partial charge on any atom is -0.287 e. The normalized spacial score (nSPS) is 12.2. The van der Waals surface area contributed by atoms with Crippen LogP contribution in [0.2, 0.25) is 0 Å². The molecule has 0 saturated carbocycles. The smallest absolute Gasteiger partial charge is 0.287 e. The zero-order valence-corrected chi connectivity index (χ0v) is 14.6. The second-order valence-electron chi connectivity index (χ2n) is 4.66. The highest BCUT2D eigenvalue weighted by atomic mass is 31.2. The number of hydrogen-bond donors (Lipinski definition) is 0. The summed E-state index contributed by atoms with van der Waals surface area (Å²) in [5, 5.41) is 0. The molecular formula is C18H20NO4P. The van der Waals surface area contributed by atoms with Crippen molar-refractivity contribution < 1.29 is 18.1 Å². The molecule has 2 aromatic rings.